The molecule has 0 amide bonds. The quantitative estimate of drug-likeness (QED) is 0.377. The predicted molar refractivity (Wildman–Crippen MR) is 130 cm³/mol. The Hall–Kier alpha value is -1.18. The Balaban J connectivity index is 0.00000300. The maximum absolute atomic E-state index is 6.23. The number of fused-ring (bicyclic) bond motifs is 1. The molecule has 0 radical (unpaired) electrons. The van der Waals surface area contributed by atoms with Gasteiger partial charge >= 0.3 is 0 Å². The van der Waals surface area contributed by atoms with Crippen LogP contribution < -0.4 is 14.4 Å². The zero-order valence-electron chi connectivity index (χ0n) is 17.0. The number of likely N-dealkylation sites (N-methyl/N-ethyl adjacent to an activating group) is 1. The van der Waals surface area contributed by atoms with Gasteiger partial charge in [-0.25, -0.2) is 0 Å². The molecule has 0 spiro atoms. The molecule has 0 aliphatic carbocycles. The Kier molecular flexibility index (Phi) is 8.91. The van der Waals surface area contributed by atoms with Gasteiger partial charge in [-0.15, -0.1) is 24.2 Å². The van der Waals surface area contributed by atoms with Crippen LogP contribution in [0.4, 0.5) is 5.69 Å². The normalized spacial score (nSPS) is 15.7. The lowest BCUT2D eigenvalue weighted by atomic mass is 10.1. The fourth-order valence-corrected chi connectivity index (χ4v) is 5.03. The second-order valence-corrected chi connectivity index (χ2v) is 8.92. The monoisotopic (exact) mass is 472 g/mol. The molecule has 0 aromatic heterocycles. The molecule has 1 aliphatic heterocycles. The third kappa shape index (κ3) is 5.70. The molecular weight excluding hydrogens is 447 g/mol. The number of benzene rings is 2. The number of thioether (sulfide) groups is 1. The molecular formula is C21H26Cl2N2O2S2. The zero-order valence-corrected chi connectivity index (χ0v) is 20.2. The van der Waals surface area contributed by atoms with Gasteiger partial charge in [0.2, 0.25) is 0 Å². The number of ether oxygens (including phenoxy) is 2. The molecule has 4 nitrogen and oxygen atoms in total. The Morgan fingerprint density at radius 3 is 2.66 bits per heavy atom. The molecule has 0 saturated heterocycles. The van der Waals surface area contributed by atoms with E-state index in [9.17, 15) is 0 Å². The molecule has 8 heteroatoms. The van der Waals surface area contributed by atoms with Gasteiger partial charge in [0, 0.05) is 29.1 Å². The summed E-state index contributed by atoms with van der Waals surface area (Å²) >= 11 is 13.8. The lowest BCUT2D eigenvalue weighted by Gasteiger charge is -2.34. The molecule has 0 N–H and O–H groups in total. The molecule has 2 aromatic carbocycles. The van der Waals surface area contributed by atoms with Crippen molar-refractivity contribution in [2.75, 3.05) is 46.3 Å². The highest BCUT2D eigenvalue weighted by Crippen LogP contribution is 2.49. The number of halogens is 2. The standard InChI is InChI=1S/C21H25ClN2O2S2.ClH/c1-23(2)10-5-11-26-18-9-7-15(25-4)13-16(18)20-21(27)24(3)17-8-6-14(22)12-19(17)28-20;/h6-9,12-13,20H,5,10-11H2,1-4H3;1H. The number of hydrogen-bond donors (Lipinski definition) is 0. The van der Waals surface area contributed by atoms with Crippen LogP contribution in [0.3, 0.4) is 0 Å². The third-order valence-corrected chi connectivity index (χ3v) is 6.78. The van der Waals surface area contributed by atoms with E-state index in [-0.39, 0.29) is 17.7 Å². The molecule has 2 aromatic rings. The van der Waals surface area contributed by atoms with Gasteiger partial charge in [0.05, 0.1) is 24.7 Å². The van der Waals surface area contributed by atoms with E-state index in [1.54, 1.807) is 18.9 Å². The van der Waals surface area contributed by atoms with Gasteiger partial charge in [0.15, 0.2) is 0 Å². The van der Waals surface area contributed by atoms with E-state index in [1.165, 1.54) is 0 Å². The fourth-order valence-electron chi connectivity index (χ4n) is 3.08. The van der Waals surface area contributed by atoms with Gasteiger partial charge < -0.3 is 19.3 Å². The Morgan fingerprint density at radius 2 is 1.97 bits per heavy atom. The molecule has 1 heterocycles. The van der Waals surface area contributed by atoms with Crippen LogP contribution in [0.15, 0.2) is 41.3 Å². The van der Waals surface area contributed by atoms with Crippen molar-refractivity contribution in [3.05, 3.63) is 47.0 Å². The summed E-state index contributed by atoms with van der Waals surface area (Å²) in [6, 6.07) is 11.8. The van der Waals surface area contributed by atoms with Crippen LogP contribution in [0.25, 0.3) is 0 Å². The maximum Gasteiger partial charge on any atom is 0.124 e. The maximum atomic E-state index is 6.23. The molecule has 29 heavy (non-hydrogen) atoms. The van der Waals surface area contributed by atoms with Crippen LogP contribution in [0, 0.1) is 0 Å². The van der Waals surface area contributed by atoms with Crippen LogP contribution in [0.1, 0.15) is 17.2 Å². The van der Waals surface area contributed by atoms with Crippen molar-refractivity contribution in [3.63, 3.8) is 0 Å². The highest BCUT2D eigenvalue weighted by Gasteiger charge is 2.32. The molecule has 1 aliphatic rings. The smallest absolute Gasteiger partial charge is 0.124 e. The molecule has 158 valence electrons. The fraction of sp³-hybridized carbons (Fsp3) is 0.381. The highest BCUT2D eigenvalue weighted by atomic mass is 35.5. The van der Waals surface area contributed by atoms with E-state index in [4.69, 9.17) is 33.3 Å². The summed E-state index contributed by atoms with van der Waals surface area (Å²) < 4.78 is 11.6. The van der Waals surface area contributed by atoms with E-state index in [0.717, 1.165) is 50.6 Å². The number of methoxy groups -OCH3 is 1. The number of anilines is 1. The second-order valence-electron chi connectivity index (χ2n) is 6.92. The summed E-state index contributed by atoms with van der Waals surface area (Å²) in [6.07, 6.45) is 0.957. The van der Waals surface area contributed by atoms with Crippen LogP contribution >= 0.6 is 48.0 Å². The van der Waals surface area contributed by atoms with E-state index in [2.05, 4.69) is 23.9 Å². The second kappa shape index (κ2) is 10.7. The van der Waals surface area contributed by atoms with Crippen molar-refractivity contribution in [1.29, 1.82) is 0 Å². The topological polar surface area (TPSA) is 24.9 Å². The van der Waals surface area contributed by atoms with Crippen LogP contribution in [0.5, 0.6) is 11.5 Å². The Labute approximate surface area is 193 Å². The van der Waals surface area contributed by atoms with Crippen molar-refractivity contribution in [2.45, 2.75) is 16.6 Å². The largest absolute Gasteiger partial charge is 0.497 e. The van der Waals surface area contributed by atoms with E-state index < -0.39 is 0 Å². The number of hydrogen-bond acceptors (Lipinski definition) is 5. The Morgan fingerprint density at radius 1 is 1.21 bits per heavy atom. The summed E-state index contributed by atoms with van der Waals surface area (Å²) in [4.78, 5) is 6.15. The minimum atomic E-state index is -0.0510. The average molecular weight is 473 g/mol. The van der Waals surface area contributed by atoms with Crippen molar-refractivity contribution >= 4 is 58.7 Å². The lowest BCUT2D eigenvalue weighted by molar-refractivity contribution is 0.279. The average Bonchev–Trinajstić information content (AvgIpc) is 2.67. The first kappa shape index (κ1) is 24.1. The molecule has 0 bridgehead atoms. The van der Waals surface area contributed by atoms with E-state index in [1.807, 2.05) is 43.4 Å². The summed E-state index contributed by atoms with van der Waals surface area (Å²) in [5, 5.41) is 0.668. The van der Waals surface area contributed by atoms with Gasteiger partial charge in [-0.1, -0.05) is 23.8 Å². The first-order chi connectivity index (χ1) is 13.4. The van der Waals surface area contributed by atoms with Gasteiger partial charge in [-0.05, 0) is 56.9 Å². The first-order valence-electron chi connectivity index (χ1n) is 9.10. The lowest BCUT2D eigenvalue weighted by Crippen LogP contribution is -2.32. The van der Waals surface area contributed by atoms with Gasteiger partial charge in [0.1, 0.15) is 16.5 Å². The minimum absolute atomic E-state index is 0. The summed E-state index contributed by atoms with van der Waals surface area (Å²) in [5.74, 6) is 1.64. The van der Waals surface area contributed by atoms with E-state index >= 15 is 0 Å². The van der Waals surface area contributed by atoms with Gasteiger partial charge in [0.25, 0.3) is 0 Å². The molecule has 1 unspecified atom stereocenters. The predicted octanol–water partition coefficient (Wildman–Crippen LogP) is 5.71. The molecule has 0 fully saturated rings. The van der Waals surface area contributed by atoms with Crippen molar-refractivity contribution in [3.8, 4) is 11.5 Å². The number of nitrogens with zero attached hydrogens (tertiary/aromatic N) is 2. The van der Waals surface area contributed by atoms with Crippen LogP contribution in [-0.2, 0) is 0 Å². The van der Waals surface area contributed by atoms with Gasteiger partial charge in [-0.2, -0.15) is 0 Å². The Bertz CT molecular complexity index is 865. The number of thiocarbonyl (C=S) groups is 1. The summed E-state index contributed by atoms with van der Waals surface area (Å²) in [7, 11) is 7.80. The third-order valence-electron chi connectivity index (χ3n) is 4.59. The van der Waals surface area contributed by atoms with Crippen LogP contribution in [0.2, 0.25) is 5.02 Å². The van der Waals surface area contributed by atoms with Crippen molar-refractivity contribution in [1.82, 2.24) is 4.90 Å². The SMILES string of the molecule is COc1ccc(OCCCN(C)C)c(C2Sc3cc(Cl)ccc3N(C)C2=S)c1.Cl. The van der Waals surface area contributed by atoms with Crippen molar-refractivity contribution in [2.24, 2.45) is 0 Å². The highest BCUT2D eigenvalue weighted by molar-refractivity contribution is 8.01. The minimum Gasteiger partial charge on any atom is -0.497 e. The molecule has 1 atom stereocenters. The van der Waals surface area contributed by atoms with Crippen LogP contribution in [-0.4, -0.2) is 51.3 Å². The van der Waals surface area contributed by atoms with Gasteiger partial charge in [-0.3, -0.25) is 0 Å². The first-order valence-corrected chi connectivity index (χ1v) is 10.8. The van der Waals surface area contributed by atoms with E-state index in [0.29, 0.717) is 6.61 Å². The molecule has 3 rings (SSSR count). The summed E-state index contributed by atoms with van der Waals surface area (Å²) in [6.45, 7) is 1.64. The number of rotatable bonds is 7. The van der Waals surface area contributed by atoms with Crippen molar-refractivity contribution < 1.29 is 9.47 Å². The summed E-state index contributed by atoms with van der Waals surface area (Å²) in [5.41, 5.74) is 2.10. The molecule has 0 saturated carbocycles. The zero-order chi connectivity index (χ0) is 20.3.